The van der Waals surface area contributed by atoms with Crippen molar-refractivity contribution in [2.24, 2.45) is 0 Å². The van der Waals surface area contributed by atoms with Gasteiger partial charge in [0, 0.05) is 34.6 Å². The molecule has 1 aromatic carbocycles. The summed E-state index contributed by atoms with van der Waals surface area (Å²) in [6, 6.07) is 4.71. The Kier molecular flexibility index (Phi) is 6.62. The number of aromatic nitrogens is 2. The third kappa shape index (κ3) is 4.46. The van der Waals surface area contributed by atoms with Crippen molar-refractivity contribution in [3.05, 3.63) is 69.1 Å². The van der Waals surface area contributed by atoms with Gasteiger partial charge in [0.25, 0.3) is 5.56 Å². The van der Waals surface area contributed by atoms with Crippen molar-refractivity contribution < 1.29 is 23.5 Å². The Morgan fingerprint density at radius 2 is 1.92 bits per heavy atom. The van der Waals surface area contributed by atoms with Gasteiger partial charge in [-0.1, -0.05) is 17.7 Å². The second kappa shape index (κ2) is 9.39. The number of pyridine rings is 2. The van der Waals surface area contributed by atoms with Crippen LogP contribution in [0.2, 0.25) is 5.02 Å². The van der Waals surface area contributed by atoms with E-state index in [0.29, 0.717) is 11.1 Å². The zero-order valence-corrected chi connectivity index (χ0v) is 21.0. The molecule has 3 heterocycles. The summed E-state index contributed by atoms with van der Waals surface area (Å²) < 4.78 is 27.4. The number of methoxy groups -OCH3 is 1. The van der Waals surface area contributed by atoms with Crippen molar-refractivity contribution in [3.8, 4) is 22.3 Å². The molecule has 1 atom stereocenters. The van der Waals surface area contributed by atoms with E-state index in [1.807, 2.05) is 0 Å². The molecule has 0 saturated heterocycles. The van der Waals surface area contributed by atoms with E-state index in [1.165, 1.54) is 30.1 Å². The van der Waals surface area contributed by atoms with Gasteiger partial charge in [-0.15, -0.1) is 0 Å². The van der Waals surface area contributed by atoms with Crippen LogP contribution in [0.4, 0.5) is 10.1 Å². The molecule has 2 N–H and O–H groups in total. The van der Waals surface area contributed by atoms with E-state index in [2.05, 4.69) is 4.98 Å². The first-order valence-electron chi connectivity index (χ1n) is 11.2. The number of nitrogens with zero attached hydrogens (tertiary/aromatic N) is 2. The molecule has 0 bridgehead atoms. The van der Waals surface area contributed by atoms with Gasteiger partial charge in [0.15, 0.2) is 0 Å². The molecule has 188 valence electrons. The first-order chi connectivity index (χ1) is 16.9. The average molecular weight is 514 g/mol. The summed E-state index contributed by atoms with van der Waals surface area (Å²) in [4.78, 5) is 43.3. The van der Waals surface area contributed by atoms with Crippen LogP contribution in [0, 0.1) is 5.82 Å². The molecule has 0 radical (unpaired) electrons. The fourth-order valence-electron chi connectivity index (χ4n) is 4.47. The van der Waals surface area contributed by atoms with E-state index in [-0.39, 0.29) is 45.9 Å². The lowest BCUT2D eigenvalue weighted by molar-refractivity contribution is -0.158. The summed E-state index contributed by atoms with van der Waals surface area (Å²) in [6.45, 7) is 5.17. The van der Waals surface area contributed by atoms with Crippen LogP contribution in [-0.4, -0.2) is 34.2 Å². The molecule has 8 nitrogen and oxygen atoms in total. The highest BCUT2D eigenvalue weighted by atomic mass is 35.5. The number of carbonyl (C=O) groups is 2. The highest BCUT2D eigenvalue weighted by molar-refractivity contribution is 6.31. The van der Waals surface area contributed by atoms with Crippen LogP contribution in [-0.2, 0) is 20.7 Å². The smallest absolute Gasteiger partial charge is 0.340 e. The standard InChI is InChI=1S/C26H25ClFN3O5/c1-26(2,3)36-24(33)19-8-7-18-22(25(34)35-4)15(11-20(32)31(18)19)21-14(5-6-16(27)23(21)28)13-9-10-30-12-17(13)29/h5-6,9-12,19H,7-8,29H2,1-4H3. The Morgan fingerprint density at radius 1 is 1.19 bits per heavy atom. The maximum atomic E-state index is 15.7. The average Bonchev–Trinajstić information content (AvgIpc) is 3.25. The molecule has 1 aliphatic heterocycles. The summed E-state index contributed by atoms with van der Waals surface area (Å²) >= 11 is 6.13. The molecular formula is C26H25ClFN3O5. The molecule has 3 aromatic rings. The largest absolute Gasteiger partial charge is 0.465 e. The summed E-state index contributed by atoms with van der Waals surface area (Å²) in [5, 5.41) is -0.204. The van der Waals surface area contributed by atoms with Crippen LogP contribution < -0.4 is 11.3 Å². The Labute approximate surface area is 211 Å². The molecule has 0 saturated carbocycles. The van der Waals surface area contributed by atoms with E-state index in [0.717, 1.165) is 6.07 Å². The van der Waals surface area contributed by atoms with Crippen LogP contribution in [0.25, 0.3) is 22.3 Å². The van der Waals surface area contributed by atoms with Crippen molar-refractivity contribution in [1.82, 2.24) is 9.55 Å². The molecule has 1 unspecified atom stereocenters. The SMILES string of the molecule is COC(=O)c1c(-c2c(-c3ccncc3N)ccc(Cl)c2F)cc(=O)n2c1CCC2C(=O)OC(C)(C)C. The molecule has 10 heteroatoms. The van der Waals surface area contributed by atoms with Crippen molar-refractivity contribution in [3.63, 3.8) is 0 Å². The predicted octanol–water partition coefficient (Wildman–Crippen LogP) is 4.57. The van der Waals surface area contributed by atoms with Crippen LogP contribution in [0.15, 0.2) is 41.5 Å². The fraction of sp³-hybridized carbons (Fsp3) is 0.308. The Hall–Kier alpha value is -3.72. The Morgan fingerprint density at radius 3 is 2.56 bits per heavy atom. The maximum Gasteiger partial charge on any atom is 0.340 e. The third-order valence-electron chi connectivity index (χ3n) is 5.89. The quantitative estimate of drug-likeness (QED) is 0.508. The van der Waals surface area contributed by atoms with Crippen molar-refractivity contribution in [2.75, 3.05) is 12.8 Å². The normalized spacial score (nSPS) is 14.9. The van der Waals surface area contributed by atoms with Gasteiger partial charge in [-0.25, -0.2) is 14.0 Å². The first-order valence-corrected chi connectivity index (χ1v) is 11.6. The molecule has 36 heavy (non-hydrogen) atoms. The summed E-state index contributed by atoms with van der Waals surface area (Å²) in [6.07, 6.45) is 3.34. The molecule has 0 fully saturated rings. The number of esters is 2. The van der Waals surface area contributed by atoms with Gasteiger partial charge in [-0.3, -0.25) is 14.3 Å². The second-order valence-electron chi connectivity index (χ2n) is 9.41. The zero-order valence-electron chi connectivity index (χ0n) is 20.2. The summed E-state index contributed by atoms with van der Waals surface area (Å²) in [5.74, 6) is -2.21. The van der Waals surface area contributed by atoms with Crippen molar-refractivity contribution >= 4 is 29.2 Å². The van der Waals surface area contributed by atoms with Crippen LogP contribution in [0.5, 0.6) is 0 Å². The number of fused-ring (bicyclic) bond motifs is 1. The number of benzene rings is 1. The van der Waals surface area contributed by atoms with Gasteiger partial charge in [-0.2, -0.15) is 0 Å². The lowest BCUT2D eigenvalue weighted by Gasteiger charge is -2.24. The van der Waals surface area contributed by atoms with Gasteiger partial charge >= 0.3 is 11.9 Å². The van der Waals surface area contributed by atoms with Gasteiger partial charge in [0.2, 0.25) is 0 Å². The minimum absolute atomic E-state index is 0.00542. The summed E-state index contributed by atoms with van der Waals surface area (Å²) in [7, 11) is 1.19. The molecule has 1 aliphatic rings. The monoisotopic (exact) mass is 513 g/mol. The highest BCUT2D eigenvalue weighted by Gasteiger charge is 2.37. The number of nitrogen functional groups attached to an aromatic ring is 1. The highest BCUT2D eigenvalue weighted by Crippen LogP contribution is 2.42. The van der Waals surface area contributed by atoms with Crippen LogP contribution in [0.3, 0.4) is 0 Å². The molecular weight excluding hydrogens is 489 g/mol. The van der Waals surface area contributed by atoms with Gasteiger partial charge in [-0.05, 0) is 51.3 Å². The van der Waals surface area contributed by atoms with E-state index < -0.39 is 35.0 Å². The fourth-order valence-corrected chi connectivity index (χ4v) is 4.63. The number of hydrogen-bond donors (Lipinski definition) is 1. The second-order valence-corrected chi connectivity index (χ2v) is 9.82. The lowest BCUT2D eigenvalue weighted by Crippen LogP contribution is -2.34. The molecule has 0 amide bonds. The van der Waals surface area contributed by atoms with E-state index in [1.54, 1.807) is 32.9 Å². The number of anilines is 1. The van der Waals surface area contributed by atoms with Crippen molar-refractivity contribution in [1.29, 1.82) is 0 Å². The van der Waals surface area contributed by atoms with Gasteiger partial charge in [0.1, 0.15) is 17.5 Å². The zero-order chi connectivity index (χ0) is 26.4. The Balaban J connectivity index is 2.02. The summed E-state index contributed by atoms with van der Waals surface area (Å²) in [5.41, 5.74) is 5.92. The first kappa shape index (κ1) is 25.4. The van der Waals surface area contributed by atoms with Crippen LogP contribution >= 0.6 is 11.6 Å². The topological polar surface area (TPSA) is 114 Å². The minimum Gasteiger partial charge on any atom is -0.465 e. The number of nitrogens with two attached hydrogens (primary N) is 1. The third-order valence-corrected chi connectivity index (χ3v) is 6.19. The number of halogens is 2. The molecule has 0 aliphatic carbocycles. The van der Waals surface area contributed by atoms with E-state index >= 15 is 4.39 Å². The lowest BCUT2D eigenvalue weighted by atomic mass is 9.90. The number of hydrogen-bond acceptors (Lipinski definition) is 7. The molecule has 2 aromatic heterocycles. The Bertz CT molecular complexity index is 1440. The number of ether oxygens (including phenoxy) is 2. The molecule has 0 spiro atoms. The number of rotatable bonds is 4. The van der Waals surface area contributed by atoms with Crippen molar-refractivity contribution in [2.45, 2.75) is 45.3 Å². The van der Waals surface area contributed by atoms with Gasteiger partial charge < -0.3 is 15.2 Å². The van der Waals surface area contributed by atoms with Gasteiger partial charge in [0.05, 0.1) is 29.6 Å². The van der Waals surface area contributed by atoms with Crippen LogP contribution in [0.1, 0.15) is 49.3 Å². The maximum absolute atomic E-state index is 15.7. The predicted molar refractivity (Wildman–Crippen MR) is 133 cm³/mol. The minimum atomic E-state index is -0.927. The number of carbonyl (C=O) groups excluding carboxylic acids is 2. The van der Waals surface area contributed by atoms with E-state index in [4.69, 9.17) is 26.8 Å². The van der Waals surface area contributed by atoms with E-state index in [9.17, 15) is 14.4 Å². The molecule has 4 rings (SSSR count).